The molecule has 33 heavy (non-hydrogen) atoms. The van der Waals surface area contributed by atoms with Crippen molar-refractivity contribution in [2.45, 2.75) is 31.3 Å². The summed E-state index contributed by atoms with van der Waals surface area (Å²) in [5.74, 6) is 0.168. The number of ether oxygens (including phenoxy) is 3. The van der Waals surface area contributed by atoms with Crippen LogP contribution in [0.2, 0.25) is 0 Å². The minimum Gasteiger partial charge on any atom is -0.491 e. The molecule has 2 aliphatic heterocycles. The zero-order valence-electron chi connectivity index (χ0n) is 17.3. The molecule has 0 bridgehead atoms. The van der Waals surface area contributed by atoms with Crippen LogP contribution in [-0.4, -0.2) is 40.2 Å². The van der Waals surface area contributed by atoms with Gasteiger partial charge in [0.2, 0.25) is 5.88 Å². The fraction of sp³-hybridized carbons (Fsp3) is 0.318. The predicted molar refractivity (Wildman–Crippen MR) is 108 cm³/mol. The molecule has 0 fully saturated rings. The standard InChI is InChI=1S/C22H19F3N4O4/c23-22(24,25)33-15-6-4-14(5-7-15)21(8-12-31-17-3-1-9-26-19(17)21)27-20(30)16-13-18-29(28-16)10-2-11-32-18/h1,3-7,9,13H,2,8,10-12H2,(H,27,30)/t21-/m0/s1. The van der Waals surface area contributed by atoms with Crippen LogP contribution < -0.4 is 19.5 Å². The molecule has 3 aromatic rings. The monoisotopic (exact) mass is 460 g/mol. The first-order valence-corrected chi connectivity index (χ1v) is 10.3. The lowest BCUT2D eigenvalue weighted by atomic mass is 9.81. The third-order valence-corrected chi connectivity index (χ3v) is 5.56. The number of hydrogen-bond donors (Lipinski definition) is 1. The number of hydrogen-bond acceptors (Lipinski definition) is 6. The van der Waals surface area contributed by atoms with Crippen molar-refractivity contribution in [1.82, 2.24) is 20.1 Å². The van der Waals surface area contributed by atoms with E-state index in [-0.39, 0.29) is 18.1 Å². The Kier molecular flexibility index (Phi) is 5.10. The van der Waals surface area contributed by atoms with E-state index in [9.17, 15) is 18.0 Å². The number of aromatic nitrogens is 3. The minimum atomic E-state index is -4.80. The molecule has 4 heterocycles. The normalized spacial score (nSPS) is 19.5. The molecule has 1 amide bonds. The van der Waals surface area contributed by atoms with Crippen LogP contribution in [0.15, 0.2) is 48.7 Å². The first-order chi connectivity index (χ1) is 15.8. The number of benzene rings is 1. The Balaban J connectivity index is 1.53. The smallest absolute Gasteiger partial charge is 0.491 e. The van der Waals surface area contributed by atoms with Gasteiger partial charge in [0, 0.05) is 31.6 Å². The van der Waals surface area contributed by atoms with Gasteiger partial charge in [0.15, 0.2) is 5.69 Å². The average Bonchev–Trinajstić information content (AvgIpc) is 3.23. The van der Waals surface area contributed by atoms with Crippen molar-refractivity contribution in [2.75, 3.05) is 13.2 Å². The minimum absolute atomic E-state index is 0.173. The van der Waals surface area contributed by atoms with Crippen molar-refractivity contribution >= 4 is 5.91 Å². The van der Waals surface area contributed by atoms with E-state index in [1.807, 2.05) is 0 Å². The molecule has 1 atom stereocenters. The van der Waals surface area contributed by atoms with Crippen LogP contribution in [0, 0.1) is 0 Å². The Hall–Kier alpha value is -3.76. The number of halogens is 3. The highest BCUT2D eigenvalue weighted by atomic mass is 19.4. The second kappa shape index (κ2) is 7.98. The van der Waals surface area contributed by atoms with Gasteiger partial charge in [-0.1, -0.05) is 12.1 Å². The largest absolute Gasteiger partial charge is 0.573 e. The molecule has 0 unspecified atom stereocenters. The summed E-state index contributed by atoms with van der Waals surface area (Å²) in [7, 11) is 0. The highest BCUT2D eigenvalue weighted by molar-refractivity contribution is 5.93. The predicted octanol–water partition coefficient (Wildman–Crippen LogP) is 3.42. The van der Waals surface area contributed by atoms with Crippen molar-refractivity contribution < 1.29 is 32.2 Å². The number of carbonyl (C=O) groups is 1. The topological polar surface area (TPSA) is 87.5 Å². The fourth-order valence-corrected chi connectivity index (χ4v) is 4.11. The third-order valence-electron chi connectivity index (χ3n) is 5.56. The van der Waals surface area contributed by atoms with Gasteiger partial charge in [0.05, 0.1) is 13.2 Å². The van der Waals surface area contributed by atoms with E-state index in [0.29, 0.717) is 42.5 Å². The molecule has 2 aliphatic rings. The third kappa shape index (κ3) is 4.06. The van der Waals surface area contributed by atoms with Crippen LogP contribution in [0.5, 0.6) is 17.4 Å². The summed E-state index contributed by atoms with van der Waals surface area (Å²) < 4.78 is 54.7. The Morgan fingerprint density at radius 2 is 1.97 bits per heavy atom. The lowest BCUT2D eigenvalue weighted by Crippen LogP contribution is -2.50. The summed E-state index contributed by atoms with van der Waals surface area (Å²) in [6, 6.07) is 10.4. The van der Waals surface area contributed by atoms with Crippen LogP contribution in [-0.2, 0) is 12.1 Å². The molecule has 0 spiro atoms. The number of alkyl halides is 3. The molecule has 172 valence electrons. The summed E-state index contributed by atoms with van der Waals surface area (Å²) in [5.41, 5.74) is 0.0173. The fourth-order valence-electron chi connectivity index (χ4n) is 4.11. The highest BCUT2D eigenvalue weighted by Gasteiger charge is 2.43. The number of aryl methyl sites for hydroxylation is 1. The summed E-state index contributed by atoms with van der Waals surface area (Å²) in [4.78, 5) is 17.7. The molecule has 5 rings (SSSR count). The summed E-state index contributed by atoms with van der Waals surface area (Å²) in [5, 5.41) is 7.36. The Morgan fingerprint density at radius 1 is 1.15 bits per heavy atom. The van der Waals surface area contributed by atoms with Crippen LogP contribution in [0.25, 0.3) is 0 Å². The summed E-state index contributed by atoms with van der Waals surface area (Å²) >= 11 is 0. The Labute approximate surface area is 186 Å². The molecule has 0 saturated carbocycles. The van der Waals surface area contributed by atoms with Crippen molar-refractivity contribution in [3.8, 4) is 17.4 Å². The molecular weight excluding hydrogens is 441 g/mol. The SMILES string of the molecule is O=C(N[C@]1(c2ccc(OC(F)(F)F)cc2)CCOc2cccnc21)c1cc2n(n1)CCCO2. The van der Waals surface area contributed by atoms with Gasteiger partial charge in [-0.15, -0.1) is 13.2 Å². The van der Waals surface area contributed by atoms with E-state index in [4.69, 9.17) is 9.47 Å². The number of nitrogens with zero attached hydrogens (tertiary/aromatic N) is 3. The second-order valence-corrected chi connectivity index (χ2v) is 7.67. The van der Waals surface area contributed by atoms with Crippen LogP contribution in [0.3, 0.4) is 0 Å². The lowest BCUT2D eigenvalue weighted by Gasteiger charge is -2.38. The number of rotatable bonds is 4. The Bertz CT molecular complexity index is 1160. The molecule has 11 heteroatoms. The zero-order chi connectivity index (χ0) is 23.1. The summed E-state index contributed by atoms with van der Waals surface area (Å²) in [6.07, 6.45) is -2.13. The first-order valence-electron chi connectivity index (χ1n) is 10.3. The molecule has 0 saturated heterocycles. The maximum absolute atomic E-state index is 13.3. The van der Waals surface area contributed by atoms with Gasteiger partial charge in [0.25, 0.3) is 5.91 Å². The molecule has 1 N–H and O–H groups in total. The van der Waals surface area contributed by atoms with Gasteiger partial charge in [-0.3, -0.25) is 9.78 Å². The van der Waals surface area contributed by atoms with E-state index in [2.05, 4.69) is 20.1 Å². The number of nitrogens with one attached hydrogen (secondary N) is 1. The van der Waals surface area contributed by atoms with Gasteiger partial charge >= 0.3 is 6.36 Å². The zero-order valence-corrected chi connectivity index (χ0v) is 17.3. The average molecular weight is 460 g/mol. The molecule has 0 aliphatic carbocycles. The quantitative estimate of drug-likeness (QED) is 0.642. The molecule has 1 aromatic carbocycles. The van der Waals surface area contributed by atoms with Crippen molar-refractivity contribution in [1.29, 1.82) is 0 Å². The second-order valence-electron chi connectivity index (χ2n) is 7.67. The maximum atomic E-state index is 13.3. The molecule has 2 aromatic heterocycles. The van der Waals surface area contributed by atoms with Crippen molar-refractivity contribution in [2.24, 2.45) is 0 Å². The van der Waals surface area contributed by atoms with Gasteiger partial charge in [-0.05, 0) is 29.8 Å². The van der Waals surface area contributed by atoms with Crippen LogP contribution in [0.4, 0.5) is 13.2 Å². The number of fused-ring (bicyclic) bond motifs is 2. The molecule has 8 nitrogen and oxygen atoms in total. The Morgan fingerprint density at radius 3 is 2.73 bits per heavy atom. The summed E-state index contributed by atoms with van der Waals surface area (Å²) in [6.45, 7) is 1.47. The van der Waals surface area contributed by atoms with E-state index >= 15 is 0 Å². The number of pyridine rings is 1. The van der Waals surface area contributed by atoms with Crippen LogP contribution in [0.1, 0.15) is 34.6 Å². The first kappa shape index (κ1) is 21.1. The number of carbonyl (C=O) groups excluding carboxylic acids is 1. The lowest BCUT2D eigenvalue weighted by molar-refractivity contribution is -0.274. The molecule has 0 radical (unpaired) electrons. The molecular formula is C22H19F3N4O4. The van der Waals surface area contributed by atoms with E-state index in [1.54, 1.807) is 29.1 Å². The number of amides is 1. The van der Waals surface area contributed by atoms with E-state index in [0.717, 1.165) is 6.42 Å². The van der Waals surface area contributed by atoms with Crippen LogP contribution >= 0.6 is 0 Å². The maximum Gasteiger partial charge on any atom is 0.573 e. The van der Waals surface area contributed by atoms with Crippen molar-refractivity contribution in [3.63, 3.8) is 0 Å². The van der Waals surface area contributed by atoms with E-state index in [1.165, 1.54) is 24.3 Å². The van der Waals surface area contributed by atoms with Crippen molar-refractivity contribution in [3.05, 3.63) is 65.6 Å². The van der Waals surface area contributed by atoms with E-state index < -0.39 is 17.8 Å². The van der Waals surface area contributed by atoms with Gasteiger partial charge < -0.3 is 19.5 Å². The van der Waals surface area contributed by atoms with Gasteiger partial charge in [-0.25, -0.2) is 4.68 Å². The van der Waals surface area contributed by atoms with Gasteiger partial charge in [-0.2, -0.15) is 5.10 Å². The highest BCUT2D eigenvalue weighted by Crippen LogP contribution is 2.41. The van der Waals surface area contributed by atoms with Gasteiger partial charge in [0.1, 0.15) is 22.7 Å².